The van der Waals surface area contributed by atoms with Gasteiger partial charge in [-0.25, -0.2) is 0 Å². The predicted octanol–water partition coefficient (Wildman–Crippen LogP) is -1.09. The van der Waals surface area contributed by atoms with Crippen molar-refractivity contribution in [3.63, 3.8) is 0 Å². The van der Waals surface area contributed by atoms with Crippen molar-refractivity contribution in [2.75, 3.05) is 26.3 Å². The molecule has 2 saturated heterocycles. The van der Waals surface area contributed by atoms with Gasteiger partial charge in [0.15, 0.2) is 6.29 Å². The molecule has 0 aliphatic carbocycles. The predicted molar refractivity (Wildman–Crippen MR) is 40.0 cm³/mol. The molecule has 11 heavy (non-hydrogen) atoms. The topological polar surface area (TPSA) is 56.5 Å². The molecule has 2 unspecified atom stereocenters. The van der Waals surface area contributed by atoms with Crippen molar-refractivity contribution in [2.45, 2.75) is 12.3 Å². The van der Waals surface area contributed by atoms with Crippen LogP contribution in [-0.4, -0.2) is 38.6 Å². The van der Waals surface area contributed by atoms with E-state index in [4.69, 9.17) is 15.2 Å². The average Bonchev–Trinajstić information content (AvgIpc) is 2.55. The van der Waals surface area contributed by atoms with Gasteiger partial charge in [-0.1, -0.05) is 0 Å². The van der Waals surface area contributed by atoms with E-state index in [1.807, 2.05) is 0 Å². The highest BCUT2D eigenvalue weighted by Gasteiger charge is 2.34. The van der Waals surface area contributed by atoms with Crippen LogP contribution in [-0.2, 0) is 9.47 Å². The molecule has 0 saturated carbocycles. The lowest BCUT2D eigenvalue weighted by Crippen LogP contribution is -2.37. The summed E-state index contributed by atoms with van der Waals surface area (Å²) >= 11 is 0. The molecule has 2 aliphatic rings. The summed E-state index contributed by atoms with van der Waals surface area (Å²) in [5.41, 5.74) is 5.84. The maximum absolute atomic E-state index is 5.84. The van der Waals surface area contributed by atoms with E-state index in [1.54, 1.807) is 0 Å². The molecule has 2 rings (SSSR count). The van der Waals surface area contributed by atoms with Gasteiger partial charge >= 0.3 is 0 Å². The van der Waals surface area contributed by atoms with Crippen LogP contribution in [0, 0.1) is 5.92 Å². The Kier molecular flexibility index (Phi) is 2.09. The molecular weight excluding hydrogens is 144 g/mol. The van der Waals surface area contributed by atoms with Gasteiger partial charge in [0.25, 0.3) is 0 Å². The maximum Gasteiger partial charge on any atom is 0.163 e. The van der Waals surface area contributed by atoms with Crippen LogP contribution in [0.25, 0.3) is 0 Å². The first kappa shape index (κ1) is 7.49. The summed E-state index contributed by atoms with van der Waals surface area (Å²) in [5, 5.41) is 3.21. The van der Waals surface area contributed by atoms with Crippen molar-refractivity contribution in [1.82, 2.24) is 5.32 Å². The highest BCUT2D eigenvalue weighted by molar-refractivity contribution is 4.86. The molecule has 2 heterocycles. The second-order valence-electron chi connectivity index (χ2n) is 3.10. The van der Waals surface area contributed by atoms with E-state index in [0.717, 1.165) is 13.1 Å². The Hall–Kier alpha value is -0.160. The molecule has 0 bridgehead atoms. The first-order valence-corrected chi connectivity index (χ1v) is 4.07. The lowest BCUT2D eigenvalue weighted by Gasteiger charge is -2.19. The fraction of sp³-hybridized carbons (Fsp3) is 1.00. The van der Waals surface area contributed by atoms with E-state index < -0.39 is 0 Å². The fourth-order valence-electron chi connectivity index (χ4n) is 1.64. The molecular formula is C7H14N2O2. The van der Waals surface area contributed by atoms with Crippen molar-refractivity contribution in [1.29, 1.82) is 0 Å². The normalized spacial score (nSPS) is 40.1. The minimum absolute atomic E-state index is 0.0556. The highest BCUT2D eigenvalue weighted by Crippen LogP contribution is 2.19. The number of hydrogen-bond acceptors (Lipinski definition) is 4. The zero-order chi connectivity index (χ0) is 7.68. The number of nitrogens with one attached hydrogen (secondary N) is 1. The lowest BCUT2D eigenvalue weighted by molar-refractivity contribution is -0.0810. The monoisotopic (exact) mass is 158 g/mol. The molecule has 0 aromatic heterocycles. The van der Waals surface area contributed by atoms with Gasteiger partial charge in [-0.15, -0.1) is 0 Å². The first-order valence-electron chi connectivity index (χ1n) is 4.07. The minimum atomic E-state index is -0.0556. The van der Waals surface area contributed by atoms with Crippen LogP contribution in [0.3, 0.4) is 0 Å². The summed E-state index contributed by atoms with van der Waals surface area (Å²) in [6.07, 6.45) is -0.0556. The number of rotatable bonds is 1. The van der Waals surface area contributed by atoms with Crippen molar-refractivity contribution in [3.05, 3.63) is 0 Å². The molecule has 64 valence electrons. The minimum Gasteiger partial charge on any atom is -0.350 e. The molecule has 0 aromatic rings. The number of hydrogen-bond donors (Lipinski definition) is 2. The Labute approximate surface area is 66.0 Å². The molecule has 4 nitrogen and oxygen atoms in total. The van der Waals surface area contributed by atoms with Crippen LogP contribution in [0.5, 0.6) is 0 Å². The Morgan fingerprint density at radius 3 is 2.45 bits per heavy atom. The standard InChI is InChI=1S/C7H14N2O2/c8-6-4-9-3-5(6)7-10-1-2-11-7/h5-7,9H,1-4,8H2. The van der Waals surface area contributed by atoms with Gasteiger partial charge in [-0.05, 0) is 0 Å². The van der Waals surface area contributed by atoms with Crippen LogP contribution in [0.15, 0.2) is 0 Å². The van der Waals surface area contributed by atoms with E-state index in [0.29, 0.717) is 19.1 Å². The van der Waals surface area contributed by atoms with Crippen LogP contribution in [0.2, 0.25) is 0 Å². The van der Waals surface area contributed by atoms with Crippen molar-refractivity contribution in [2.24, 2.45) is 11.7 Å². The van der Waals surface area contributed by atoms with E-state index >= 15 is 0 Å². The van der Waals surface area contributed by atoms with Crippen LogP contribution >= 0.6 is 0 Å². The molecule has 0 aromatic carbocycles. The van der Waals surface area contributed by atoms with Gasteiger partial charge in [0.1, 0.15) is 0 Å². The van der Waals surface area contributed by atoms with Crippen LogP contribution in [0.1, 0.15) is 0 Å². The zero-order valence-corrected chi connectivity index (χ0v) is 6.45. The Morgan fingerprint density at radius 2 is 1.91 bits per heavy atom. The van der Waals surface area contributed by atoms with Crippen molar-refractivity contribution < 1.29 is 9.47 Å². The van der Waals surface area contributed by atoms with E-state index in [1.165, 1.54) is 0 Å². The Bertz CT molecular complexity index is 136. The molecule has 0 spiro atoms. The van der Waals surface area contributed by atoms with Gasteiger partial charge in [0.2, 0.25) is 0 Å². The summed E-state index contributed by atoms with van der Waals surface area (Å²) in [5.74, 6) is 0.345. The zero-order valence-electron chi connectivity index (χ0n) is 6.45. The third-order valence-electron chi connectivity index (χ3n) is 2.31. The molecule has 2 fully saturated rings. The molecule has 3 N–H and O–H groups in total. The fourth-order valence-corrected chi connectivity index (χ4v) is 1.64. The van der Waals surface area contributed by atoms with Gasteiger partial charge in [-0.2, -0.15) is 0 Å². The van der Waals surface area contributed by atoms with Crippen LogP contribution < -0.4 is 11.1 Å². The van der Waals surface area contributed by atoms with Gasteiger partial charge in [0.05, 0.1) is 13.2 Å². The summed E-state index contributed by atoms with van der Waals surface area (Å²) in [6.45, 7) is 3.24. The smallest absolute Gasteiger partial charge is 0.163 e. The molecule has 0 radical (unpaired) electrons. The maximum atomic E-state index is 5.84. The third-order valence-corrected chi connectivity index (χ3v) is 2.31. The SMILES string of the molecule is NC1CNCC1C1OCCO1. The molecule has 0 amide bonds. The molecule has 4 heteroatoms. The molecule has 2 aliphatic heterocycles. The summed E-state index contributed by atoms with van der Waals surface area (Å²) in [4.78, 5) is 0. The third kappa shape index (κ3) is 1.39. The summed E-state index contributed by atoms with van der Waals surface area (Å²) in [7, 11) is 0. The summed E-state index contributed by atoms with van der Waals surface area (Å²) < 4.78 is 10.7. The van der Waals surface area contributed by atoms with Crippen molar-refractivity contribution in [3.8, 4) is 0 Å². The summed E-state index contributed by atoms with van der Waals surface area (Å²) in [6, 6.07) is 0.193. The quantitative estimate of drug-likeness (QED) is 0.509. The Balaban J connectivity index is 1.92. The number of nitrogens with two attached hydrogens (primary N) is 1. The van der Waals surface area contributed by atoms with Gasteiger partial charge in [0, 0.05) is 25.0 Å². The number of ether oxygens (including phenoxy) is 2. The second-order valence-corrected chi connectivity index (χ2v) is 3.10. The van der Waals surface area contributed by atoms with Gasteiger partial charge < -0.3 is 20.5 Å². The van der Waals surface area contributed by atoms with E-state index in [9.17, 15) is 0 Å². The molecule has 2 atom stereocenters. The second kappa shape index (κ2) is 3.06. The Morgan fingerprint density at radius 1 is 1.18 bits per heavy atom. The van der Waals surface area contributed by atoms with Gasteiger partial charge in [-0.3, -0.25) is 0 Å². The van der Waals surface area contributed by atoms with Crippen molar-refractivity contribution >= 4 is 0 Å². The largest absolute Gasteiger partial charge is 0.350 e. The average molecular weight is 158 g/mol. The van der Waals surface area contributed by atoms with E-state index in [2.05, 4.69) is 5.32 Å². The van der Waals surface area contributed by atoms with Crippen LogP contribution in [0.4, 0.5) is 0 Å². The first-order chi connectivity index (χ1) is 5.38. The highest BCUT2D eigenvalue weighted by atomic mass is 16.7. The lowest BCUT2D eigenvalue weighted by atomic mass is 10.0. The van der Waals surface area contributed by atoms with E-state index in [-0.39, 0.29) is 12.3 Å².